The van der Waals surface area contributed by atoms with Crippen molar-refractivity contribution in [2.45, 2.75) is 19.0 Å². The van der Waals surface area contributed by atoms with Gasteiger partial charge in [-0.1, -0.05) is 30.3 Å². The van der Waals surface area contributed by atoms with E-state index in [0.29, 0.717) is 6.54 Å². The molecule has 1 heterocycles. The normalized spacial score (nSPS) is 14.5. The Kier molecular flexibility index (Phi) is 3.56. The SMILES string of the molecule is CC(CO)(NCc1ncc[nH]1)c1ccccc1. The molecule has 2 rings (SSSR count). The number of nitrogens with zero attached hydrogens (tertiary/aromatic N) is 1. The first-order valence-corrected chi connectivity index (χ1v) is 5.64. The van der Waals surface area contributed by atoms with Crippen molar-refractivity contribution >= 4 is 0 Å². The van der Waals surface area contributed by atoms with Crippen LogP contribution in [0.5, 0.6) is 0 Å². The molecule has 1 unspecified atom stereocenters. The van der Waals surface area contributed by atoms with Crippen LogP contribution in [-0.4, -0.2) is 21.7 Å². The average Bonchev–Trinajstić information content (AvgIpc) is 2.90. The summed E-state index contributed by atoms with van der Waals surface area (Å²) in [6.45, 7) is 2.61. The summed E-state index contributed by atoms with van der Waals surface area (Å²) >= 11 is 0. The number of aliphatic hydroxyl groups is 1. The molecule has 17 heavy (non-hydrogen) atoms. The van der Waals surface area contributed by atoms with Gasteiger partial charge in [0.1, 0.15) is 5.82 Å². The number of nitrogens with one attached hydrogen (secondary N) is 2. The van der Waals surface area contributed by atoms with Gasteiger partial charge in [-0.3, -0.25) is 5.32 Å². The van der Waals surface area contributed by atoms with E-state index in [1.54, 1.807) is 12.4 Å². The quantitative estimate of drug-likeness (QED) is 0.729. The van der Waals surface area contributed by atoms with E-state index in [2.05, 4.69) is 15.3 Å². The highest BCUT2D eigenvalue weighted by atomic mass is 16.3. The molecule has 0 saturated heterocycles. The summed E-state index contributed by atoms with van der Waals surface area (Å²) in [5, 5.41) is 12.9. The smallest absolute Gasteiger partial charge is 0.120 e. The van der Waals surface area contributed by atoms with Gasteiger partial charge in [0, 0.05) is 12.4 Å². The Morgan fingerprint density at radius 3 is 2.71 bits per heavy atom. The van der Waals surface area contributed by atoms with Crippen LogP contribution in [0.1, 0.15) is 18.3 Å². The summed E-state index contributed by atoms with van der Waals surface area (Å²) < 4.78 is 0. The largest absolute Gasteiger partial charge is 0.394 e. The predicted molar refractivity (Wildman–Crippen MR) is 66.3 cm³/mol. The van der Waals surface area contributed by atoms with Crippen LogP contribution in [-0.2, 0) is 12.1 Å². The van der Waals surface area contributed by atoms with E-state index in [-0.39, 0.29) is 6.61 Å². The molecule has 0 bridgehead atoms. The standard InChI is InChI=1S/C13H17N3O/c1-13(10-17,11-5-3-2-4-6-11)16-9-12-14-7-8-15-12/h2-8,16-17H,9-10H2,1H3,(H,14,15). The molecular weight excluding hydrogens is 214 g/mol. The Morgan fingerprint density at radius 2 is 2.12 bits per heavy atom. The second kappa shape index (κ2) is 5.12. The molecule has 1 aromatic heterocycles. The minimum Gasteiger partial charge on any atom is -0.394 e. The van der Waals surface area contributed by atoms with Crippen LogP contribution in [0.15, 0.2) is 42.7 Å². The lowest BCUT2D eigenvalue weighted by Gasteiger charge is -2.29. The van der Waals surface area contributed by atoms with Crippen LogP contribution in [0.3, 0.4) is 0 Å². The first kappa shape index (κ1) is 11.8. The maximum atomic E-state index is 9.57. The minimum absolute atomic E-state index is 0.0394. The van der Waals surface area contributed by atoms with E-state index in [4.69, 9.17) is 0 Å². The van der Waals surface area contributed by atoms with Crippen LogP contribution in [0.2, 0.25) is 0 Å². The van der Waals surface area contributed by atoms with Crippen LogP contribution in [0.4, 0.5) is 0 Å². The topological polar surface area (TPSA) is 60.9 Å². The molecule has 1 aromatic carbocycles. The Hall–Kier alpha value is -1.65. The average molecular weight is 231 g/mol. The first-order valence-electron chi connectivity index (χ1n) is 5.64. The molecule has 2 aromatic rings. The van der Waals surface area contributed by atoms with Crippen molar-refractivity contribution in [2.75, 3.05) is 6.61 Å². The van der Waals surface area contributed by atoms with Gasteiger partial charge in [0.15, 0.2) is 0 Å². The van der Waals surface area contributed by atoms with Crippen molar-refractivity contribution in [3.63, 3.8) is 0 Å². The van der Waals surface area contributed by atoms with Crippen molar-refractivity contribution in [3.8, 4) is 0 Å². The number of hydrogen-bond donors (Lipinski definition) is 3. The van der Waals surface area contributed by atoms with E-state index in [9.17, 15) is 5.11 Å². The summed E-state index contributed by atoms with van der Waals surface area (Å²) in [6.07, 6.45) is 3.51. The lowest BCUT2D eigenvalue weighted by molar-refractivity contribution is 0.173. The number of aliphatic hydroxyl groups excluding tert-OH is 1. The molecule has 4 heteroatoms. The van der Waals surface area contributed by atoms with Gasteiger partial charge in [-0.15, -0.1) is 0 Å². The highest BCUT2D eigenvalue weighted by Crippen LogP contribution is 2.19. The van der Waals surface area contributed by atoms with Crippen LogP contribution in [0, 0.1) is 0 Å². The van der Waals surface area contributed by atoms with E-state index in [1.807, 2.05) is 37.3 Å². The zero-order valence-corrected chi connectivity index (χ0v) is 9.85. The summed E-state index contributed by atoms with van der Waals surface area (Å²) in [6, 6.07) is 9.92. The van der Waals surface area contributed by atoms with Crippen LogP contribution < -0.4 is 5.32 Å². The van der Waals surface area contributed by atoms with Gasteiger partial charge in [-0.2, -0.15) is 0 Å². The fourth-order valence-electron chi connectivity index (χ4n) is 1.73. The fourth-order valence-corrected chi connectivity index (χ4v) is 1.73. The van der Waals surface area contributed by atoms with Gasteiger partial charge in [0.2, 0.25) is 0 Å². The number of rotatable bonds is 5. The zero-order chi connectivity index (χ0) is 12.1. The number of H-pyrrole nitrogens is 1. The Bertz CT molecular complexity index is 441. The van der Waals surface area contributed by atoms with Crippen molar-refractivity contribution in [3.05, 3.63) is 54.1 Å². The number of benzene rings is 1. The molecule has 3 N–H and O–H groups in total. The number of aromatic amines is 1. The third-order valence-electron chi connectivity index (χ3n) is 2.93. The van der Waals surface area contributed by atoms with Gasteiger partial charge in [-0.25, -0.2) is 4.98 Å². The predicted octanol–water partition coefficient (Wildman–Crippen LogP) is 1.41. The molecule has 0 spiro atoms. The summed E-state index contributed by atoms with van der Waals surface area (Å²) in [5.41, 5.74) is 0.614. The third kappa shape index (κ3) is 2.72. The second-order valence-corrected chi connectivity index (χ2v) is 4.25. The van der Waals surface area contributed by atoms with Crippen molar-refractivity contribution in [1.29, 1.82) is 0 Å². The molecule has 1 atom stereocenters. The van der Waals surface area contributed by atoms with Gasteiger partial charge in [0.05, 0.1) is 18.7 Å². The summed E-state index contributed by atoms with van der Waals surface area (Å²) in [4.78, 5) is 7.18. The van der Waals surface area contributed by atoms with E-state index in [0.717, 1.165) is 11.4 Å². The van der Waals surface area contributed by atoms with Crippen molar-refractivity contribution in [2.24, 2.45) is 0 Å². The molecule has 0 amide bonds. The molecule has 0 aliphatic carbocycles. The van der Waals surface area contributed by atoms with E-state index >= 15 is 0 Å². The van der Waals surface area contributed by atoms with Crippen LogP contribution in [0.25, 0.3) is 0 Å². The zero-order valence-electron chi connectivity index (χ0n) is 9.85. The number of hydrogen-bond acceptors (Lipinski definition) is 3. The maximum Gasteiger partial charge on any atom is 0.120 e. The molecule has 90 valence electrons. The molecule has 0 aliphatic heterocycles. The lowest BCUT2D eigenvalue weighted by atomic mass is 9.93. The Morgan fingerprint density at radius 1 is 1.35 bits per heavy atom. The number of aromatic nitrogens is 2. The fraction of sp³-hybridized carbons (Fsp3) is 0.308. The van der Waals surface area contributed by atoms with Gasteiger partial charge >= 0.3 is 0 Å². The van der Waals surface area contributed by atoms with Gasteiger partial charge in [-0.05, 0) is 12.5 Å². The second-order valence-electron chi connectivity index (χ2n) is 4.25. The monoisotopic (exact) mass is 231 g/mol. The summed E-state index contributed by atoms with van der Waals surface area (Å²) in [5.74, 6) is 0.862. The molecule has 0 fully saturated rings. The summed E-state index contributed by atoms with van der Waals surface area (Å²) in [7, 11) is 0. The van der Waals surface area contributed by atoms with Crippen LogP contribution >= 0.6 is 0 Å². The molecule has 0 radical (unpaired) electrons. The maximum absolute atomic E-state index is 9.57. The highest BCUT2D eigenvalue weighted by molar-refractivity contribution is 5.23. The molecular formula is C13H17N3O. The Balaban J connectivity index is 2.09. The van der Waals surface area contributed by atoms with Gasteiger partial charge < -0.3 is 10.1 Å². The molecule has 0 saturated carbocycles. The van der Waals surface area contributed by atoms with Gasteiger partial charge in [0.25, 0.3) is 0 Å². The lowest BCUT2D eigenvalue weighted by Crippen LogP contribution is -2.42. The number of imidazole rings is 1. The molecule has 4 nitrogen and oxygen atoms in total. The van der Waals surface area contributed by atoms with E-state index in [1.165, 1.54) is 0 Å². The van der Waals surface area contributed by atoms with Crippen molar-refractivity contribution < 1.29 is 5.11 Å². The highest BCUT2D eigenvalue weighted by Gasteiger charge is 2.24. The van der Waals surface area contributed by atoms with E-state index < -0.39 is 5.54 Å². The minimum atomic E-state index is -0.450. The van der Waals surface area contributed by atoms with Crippen molar-refractivity contribution in [1.82, 2.24) is 15.3 Å². The first-order chi connectivity index (χ1) is 8.24. The molecule has 0 aliphatic rings. The third-order valence-corrected chi connectivity index (χ3v) is 2.93. The Labute approximate surface area is 101 Å².